The number of H-pyrrole nitrogens is 1. The van der Waals surface area contributed by atoms with Crippen molar-refractivity contribution >= 4 is 34.1 Å². The average Bonchev–Trinajstić information content (AvgIpc) is 2.80. The number of aromatic amines is 1. The lowest BCUT2D eigenvalue weighted by Gasteiger charge is -2.34. The number of hydrogen-bond donors (Lipinski definition) is 2. The highest BCUT2D eigenvalue weighted by atomic mass is 35.5. The second kappa shape index (κ2) is 9.74. The van der Waals surface area contributed by atoms with Crippen LogP contribution in [-0.4, -0.2) is 22.5 Å². The van der Waals surface area contributed by atoms with Gasteiger partial charge in [-0.25, -0.2) is 9.18 Å². The predicted octanol–water partition coefficient (Wildman–Crippen LogP) is 6.50. The lowest BCUT2D eigenvalue weighted by Crippen LogP contribution is -2.41. The maximum atomic E-state index is 13.6. The number of anilines is 1. The Hall–Kier alpha value is -2.86. The van der Waals surface area contributed by atoms with E-state index in [1.54, 1.807) is 12.3 Å². The fraction of sp³-hybridized carbons (Fsp3) is 0.360. The zero-order valence-electron chi connectivity index (χ0n) is 18.0. The number of carbonyl (C=O) groups excluding carboxylic acids is 1. The molecule has 2 N–H and O–H groups in total. The molecule has 1 saturated carbocycles. The fourth-order valence-electron chi connectivity index (χ4n) is 4.58. The Labute approximate surface area is 191 Å². The molecule has 5 nitrogen and oxygen atoms in total. The molecule has 168 valence electrons. The Morgan fingerprint density at radius 1 is 1.19 bits per heavy atom. The van der Waals surface area contributed by atoms with Gasteiger partial charge in [-0.15, -0.1) is 0 Å². The van der Waals surface area contributed by atoms with Gasteiger partial charge in [0.25, 0.3) is 5.56 Å². The lowest BCUT2D eigenvalue weighted by atomic mass is 9.88. The number of fused-ring (bicyclic) bond motifs is 1. The predicted molar refractivity (Wildman–Crippen MR) is 127 cm³/mol. The first-order chi connectivity index (χ1) is 15.4. The zero-order valence-corrected chi connectivity index (χ0v) is 18.8. The summed E-state index contributed by atoms with van der Waals surface area (Å²) < 4.78 is 13.6. The summed E-state index contributed by atoms with van der Waals surface area (Å²) in [6.07, 6.45) is 7.45. The molecule has 2 aromatic carbocycles. The van der Waals surface area contributed by atoms with Crippen molar-refractivity contribution in [3.63, 3.8) is 0 Å². The number of nitrogens with zero attached hydrogens (tertiary/aromatic N) is 1. The topological polar surface area (TPSA) is 65.2 Å². The minimum atomic E-state index is -0.531. The Morgan fingerprint density at radius 2 is 1.91 bits per heavy atom. The molecule has 1 fully saturated rings. The van der Waals surface area contributed by atoms with Crippen molar-refractivity contribution in [3.8, 4) is 0 Å². The van der Waals surface area contributed by atoms with Crippen molar-refractivity contribution in [2.75, 3.05) is 11.9 Å². The molecule has 7 heteroatoms. The SMILES string of the molecule is C[C@H](c1c[nH]c(=O)c2ccccc12)N(CC1CCCCC1)C(=O)Nc1ccc(F)c(Cl)c1. The number of nitrogens with one attached hydrogen (secondary N) is 2. The second-order valence-electron chi connectivity index (χ2n) is 8.51. The van der Waals surface area contributed by atoms with Gasteiger partial charge in [-0.3, -0.25) is 4.79 Å². The first-order valence-corrected chi connectivity index (χ1v) is 11.4. The normalized spacial score (nSPS) is 15.5. The summed E-state index contributed by atoms with van der Waals surface area (Å²) in [5, 5.41) is 4.26. The number of urea groups is 1. The van der Waals surface area contributed by atoms with Crippen LogP contribution in [0.4, 0.5) is 14.9 Å². The third-order valence-electron chi connectivity index (χ3n) is 6.37. The van der Waals surface area contributed by atoms with E-state index >= 15 is 0 Å². The van der Waals surface area contributed by atoms with E-state index in [9.17, 15) is 14.0 Å². The van der Waals surface area contributed by atoms with Crippen molar-refractivity contribution in [2.24, 2.45) is 5.92 Å². The average molecular weight is 456 g/mol. The van der Waals surface area contributed by atoms with E-state index in [0.29, 0.717) is 23.5 Å². The maximum absolute atomic E-state index is 13.6. The Kier molecular flexibility index (Phi) is 6.80. The van der Waals surface area contributed by atoms with Gasteiger partial charge in [0.15, 0.2) is 0 Å². The molecule has 0 spiro atoms. The summed E-state index contributed by atoms with van der Waals surface area (Å²) in [6.45, 7) is 2.58. The van der Waals surface area contributed by atoms with Crippen molar-refractivity contribution in [1.82, 2.24) is 9.88 Å². The number of benzene rings is 2. The molecule has 1 aliphatic rings. The van der Waals surface area contributed by atoms with E-state index in [2.05, 4.69) is 10.3 Å². The molecular formula is C25H27ClFN3O2. The van der Waals surface area contributed by atoms with Crippen molar-refractivity contribution in [2.45, 2.75) is 45.1 Å². The smallest absolute Gasteiger partial charge is 0.322 e. The Morgan fingerprint density at radius 3 is 2.62 bits per heavy atom. The summed E-state index contributed by atoms with van der Waals surface area (Å²) in [4.78, 5) is 30.3. The lowest BCUT2D eigenvalue weighted by molar-refractivity contribution is 0.168. The van der Waals surface area contributed by atoms with Gasteiger partial charge in [-0.1, -0.05) is 49.1 Å². The molecule has 32 heavy (non-hydrogen) atoms. The highest BCUT2D eigenvalue weighted by molar-refractivity contribution is 6.31. The zero-order chi connectivity index (χ0) is 22.7. The number of hydrogen-bond acceptors (Lipinski definition) is 2. The standard InChI is InChI=1S/C25H27ClFN3O2/c1-16(21-14-28-24(31)20-10-6-5-9-19(20)21)30(15-17-7-3-2-4-8-17)25(32)29-18-11-12-23(27)22(26)13-18/h5-6,9-14,16-17H,2-4,7-8,15H2,1H3,(H,28,31)(H,29,32)/t16-/m1/s1. The van der Waals surface area contributed by atoms with Crippen LogP contribution in [0.1, 0.15) is 50.6 Å². The highest BCUT2D eigenvalue weighted by Crippen LogP contribution is 2.31. The van der Waals surface area contributed by atoms with E-state index in [1.807, 2.05) is 30.0 Å². The Bertz CT molecular complexity index is 1170. The number of halogens is 2. The van der Waals surface area contributed by atoms with Crippen LogP contribution in [0.5, 0.6) is 0 Å². The van der Waals surface area contributed by atoms with E-state index in [-0.39, 0.29) is 22.7 Å². The molecule has 1 aliphatic carbocycles. The molecule has 4 rings (SSSR count). The molecule has 1 aromatic heterocycles. The van der Waals surface area contributed by atoms with Gasteiger partial charge in [0.1, 0.15) is 5.82 Å². The molecule has 1 atom stereocenters. The van der Waals surface area contributed by atoms with Gasteiger partial charge in [-0.05, 0) is 60.9 Å². The van der Waals surface area contributed by atoms with E-state index in [1.165, 1.54) is 37.5 Å². The second-order valence-corrected chi connectivity index (χ2v) is 8.92. The molecular weight excluding hydrogens is 429 g/mol. The molecule has 0 saturated heterocycles. The van der Waals surface area contributed by atoms with Gasteiger partial charge in [0.05, 0.1) is 11.1 Å². The third kappa shape index (κ3) is 4.80. The van der Waals surface area contributed by atoms with Crippen molar-refractivity contribution in [1.29, 1.82) is 0 Å². The van der Waals surface area contributed by atoms with Crippen LogP contribution in [0.3, 0.4) is 0 Å². The minimum Gasteiger partial charge on any atom is -0.328 e. The number of rotatable bonds is 5. The number of carbonyl (C=O) groups is 1. The number of pyridine rings is 1. The third-order valence-corrected chi connectivity index (χ3v) is 6.66. The highest BCUT2D eigenvalue weighted by Gasteiger charge is 2.27. The number of aromatic nitrogens is 1. The van der Waals surface area contributed by atoms with Gasteiger partial charge >= 0.3 is 6.03 Å². The summed E-state index contributed by atoms with van der Waals surface area (Å²) in [5.41, 5.74) is 1.16. The van der Waals surface area contributed by atoms with E-state index < -0.39 is 5.82 Å². The van der Waals surface area contributed by atoms with E-state index in [0.717, 1.165) is 23.8 Å². The largest absolute Gasteiger partial charge is 0.328 e. The number of amides is 2. The Balaban J connectivity index is 1.67. The first kappa shape index (κ1) is 22.3. The molecule has 0 radical (unpaired) electrons. The maximum Gasteiger partial charge on any atom is 0.322 e. The van der Waals surface area contributed by atoms with Crippen LogP contribution in [-0.2, 0) is 0 Å². The van der Waals surface area contributed by atoms with Crippen LogP contribution in [0.2, 0.25) is 5.02 Å². The van der Waals surface area contributed by atoms with Gasteiger partial charge < -0.3 is 15.2 Å². The van der Waals surface area contributed by atoms with Gasteiger partial charge in [-0.2, -0.15) is 0 Å². The van der Waals surface area contributed by atoms with Crippen LogP contribution < -0.4 is 10.9 Å². The first-order valence-electron chi connectivity index (χ1n) is 11.1. The molecule has 0 bridgehead atoms. The summed E-state index contributed by atoms with van der Waals surface area (Å²) >= 11 is 5.90. The van der Waals surface area contributed by atoms with Crippen molar-refractivity contribution < 1.29 is 9.18 Å². The van der Waals surface area contributed by atoms with Gasteiger partial charge in [0, 0.05) is 23.8 Å². The van der Waals surface area contributed by atoms with Crippen LogP contribution >= 0.6 is 11.6 Å². The summed E-state index contributed by atoms with van der Waals surface area (Å²) in [6, 6.07) is 11.0. The quantitative estimate of drug-likeness (QED) is 0.461. The van der Waals surface area contributed by atoms with Crippen LogP contribution in [0.25, 0.3) is 10.8 Å². The van der Waals surface area contributed by atoms with Crippen molar-refractivity contribution in [3.05, 3.63) is 75.4 Å². The summed E-state index contributed by atoms with van der Waals surface area (Å²) in [7, 11) is 0. The fourth-order valence-corrected chi connectivity index (χ4v) is 4.76. The molecule has 2 amide bonds. The van der Waals surface area contributed by atoms with Gasteiger partial charge in [0.2, 0.25) is 0 Å². The van der Waals surface area contributed by atoms with Crippen LogP contribution in [0, 0.1) is 11.7 Å². The molecule has 1 heterocycles. The molecule has 0 aliphatic heterocycles. The monoisotopic (exact) mass is 455 g/mol. The summed E-state index contributed by atoms with van der Waals surface area (Å²) in [5.74, 6) is -0.111. The van der Waals surface area contributed by atoms with E-state index in [4.69, 9.17) is 11.6 Å². The van der Waals surface area contributed by atoms with Crippen LogP contribution in [0.15, 0.2) is 53.5 Å². The molecule has 3 aromatic rings. The molecule has 0 unspecified atom stereocenters. The minimum absolute atomic E-state index is 0.0405.